The topological polar surface area (TPSA) is 30.5 Å². The largest absolute Gasteiger partial charge is 0.493 e. The van der Waals surface area contributed by atoms with Crippen molar-refractivity contribution in [3.05, 3.63) is 68.7 Å². The molecule has 3 nitrogen and oxygen atoms in total. The SMILES string of the molecule is COc1ccc(Br)c(CNCCC2=CCCCC2)c1OCc1ccccc1Cl. The molecule has 0 saturated carbocycles. The molecule has 0 amide bonds. The van der Waals surface area contributed by atoms with Gasteiger partial charge in [0.05, 0.1) is 7.11 Å². The van der Waals surface area contributed by atoms with Gasteiger partial charge in [0.2, 0.25) is 0 Å². The molecule has 2 aromatic rings. The molecule has 5 heteroatoms. The molecule has 0 bridgehead atoms. The average molecular weight is 465 g/mol. The Labute approximate surface area is 181 Å². The van der Waals surface area contributed by atoms with Crippen LogP contribution in [0.1, 0.15) is 43.2 Å². The van der Waals surface area contributed by atoms with Crippen LogP contribution in [0.5, 0.6) is 11.5 Å². The first-order valence-electron chi connectivity index (χ1n) is 9.79. The number of methoxy groups -OCH3 is 1. The highest BCUT2D eigenvalue weighted by Gasteiger charge is 2.15. The van der Waals surface area contributed by atoms with E-state index in [9.17, 15) is 0 Å². The number of rotatable bonds is 9. The van der Waals surface area contributed by atoms with Gasteiger partial charge in [-0.05, 0) is 56.8 Å². The molecule has 1 aliphatic rings. The van der Waals surface area contributed by atoms with Crippen molar-refractivity contribution in [1.82, 2.24) is 5.32 Å². The van der Waals surface area contributed by atoms with Crippen molar-refractivity contribution in [2.24, 2.45) is 0 Å². The quantitative estimate of drug-likeness (QED) is 0.332. The average Bonchev–Trinajstić information content (AvgIpc) is 2.72. The van der Waals surface area contributed by atoms with Gasteiger partial charge in [0.25, 0.3) is 0 Å². The number of hydrogen-bond donors (Lipinski definition) is 1. The Hall–Kier alpha value is -1.49. The van der Waals surface area contributed by atoms with Crippen LogP contribution in [0.3, 0.4) is 0 Å². The van der Waals surface area contributed by atoms with Crippen LogP contribution in [0, 0.1) is 0 Å². The fraction of sp³-hybridized carbons (Fsp3) is 0.391. The Balaban J connectivity index is 1.67. The molecule has 0 saturated heterocycles. The van der Waals surface area contributed by atoms with Gasteiger partial charge in [-0.25, -0.2) is 0 Å². The Morgan fingerprint density at radius 2 is 2.00 bits per heavy atom. The number of allylic oxidation sites excluding steroid dienone is 1. The van der Waals surface area contributed by atoms with Gasteiger partial charge in [0.15, 0.2) is 11.5 Å². The van der Waals surface area contributed by atoms with Crippen LogP contribution in [0.15, 0.2) is 52.5 Å². The summed E-state index contributed by atoms with van der Waals surface area (Å²) in [6.45, 7) is 2.06. The van der Waals surface area contributed by atoms with E-state index in [1.54, 1.807) is 12.7 Å². The Kier molecular flexibility index (Phi) is 8.26. The maximum absolute atomic E-state index is 6.27. The molecule has 28 heavy (non-hydrogen) atoms. The summed E-state index contributed by atoms with van der Waals surface area (Å²) in [6, 6.07) is 11.7. The van der Waals surface area contributed by atoms with Crippen molar-refractivity contribution in [2.45, 2.75) is 45.3 Å². The van der Waals surface area contributed by atoms with E-state index in [0.29, 0.717) is 18.2 Å². The molecule has 0 fully saturated rings. The molecule has 0 heterocycles. The van der Waals surface area contributed by atoms with E-state index in [1.807, 2.05) is 36.4 Å². The van der Waals surface area contributed by atoms with E-state index in [-0.39, 0.29) is 0 Å². The Morgan fingerprint density at radius 1 is 1.14 bits per heavy atom. The van der Waals surface area contributed by atoms with E-state index in [1.165, 1.54) is 25.7 Å². The lowest BCUT2D eigenvalue weighted by atomic mass is 9.97. The third-order valence-electron chi connectivity index (χ3n) is 5.03. The summed E-state index contributed by atoms with van der Waals surface area (Å²) in [5, 5.41) is 4.26. The molecule has 0 aromatic heterocycles. The van der Waals surface area contributed by atoms with Gasteiger partial charge in [-0.2, -0.15) is 0 Å². The Bertz CT molecular complexity index is 822. The van der Waals surface area contributed by atoms with Crippen molar-refractivity contribution >= 4 is 27.5 Å². The van der Waals surface area contributed by atoms with E-state index in [0.717, 1.165) is 40.1 Å². The van der Waals surface area contributed by atoms with Crippen LogP contribution >= 0.6 is 27.5 Å². The van der Waals surface area contributed by atoms with Crippen LogP contribution in [0.4, 0.5) is 0 Å². The number of nitrogens with one attached hydrogen (secondary N) is 1. The smallest absolute Gasteiger partial charge is 0.167 e. The first-order chi connectivity index (χ1) is 13.7. The lowest BCUT2D eigenvalue weighted by Crippen LogP contribution is -2.17. The normalized spacial score (nSPS) is 13.9. The fourth-order valence-corrected chi connectivity index (χ4v) is 4.07. The maximum Gasteiger partial charge on any atom is 0.167 e. The summed E-state index contributed by atoms with van der Waals surface area (Å²) in [7, 11) is 1.67. The molecular weight excluding hydrogens is 438 g/mol. The molecule has 0 aliphatic heterocycles. The second-order valence-corrected chi connectivity index (χ2v) is 8.23. The number of ether oxygens (including phenoxy) is 2. The van der Waals surface area contributed by atoms with Crippen molar-refractivity contribution in [3.63, 3.8) is 0 Å². The predicted molar refractivity (Wildman–Crippen MR) is 119 cm³/mol. The molecule has 0 atom stereocenters. The fourth-order valence-electron chi connectivity index (χ4n) is 3.43. The van der Waals surface area contributed by atoms with Gasteiger partial charge in [-0.1, -0.05) is 57.4 Å². The van der Waals surface area contributed by atoms with Crippen molar-refractivity contribution in [3.8, 4) is 11.5 Å². The number of benzene rings is 2. The molecule has 2 aromatic carbocycles. The number of halogens is 2. The first kappa shape index (κ1) is 21.2. The van der Waals surface area contributed by atoms with E-state index < -0.39 is 0 Å². The second-order valence-electron chi connectivity index (χ2n) is 6.97. The minimum atomic E-state index is 0.395. The van der Waals surface area contributed by atoms with Gasteiger partial charge in [-0.15, -0.1) is 0 Å². The zero-order valence-corrected chi connectivity index (χ0v) is 18.6. The molecule has 150 valence electrons. The van der Waals surface area contributed by atoms with Crippen LogP contribution in [-0.4, -0.2) is 13.7 Å². The molecule has 1 N–H and O–H groups in total. The maximum atomic E-state index is 6.27. The minimum Gasteiger partial charge on any atom is -0.493 e. The molecule has 0 unspecified atom stereocenters. The molecule has 3 rings (SSSR count). The van der Waals surface area contributed by atoms with Crippen LogP contribution < -0.4 is 14.8 Å². The third-order valence-corrected chi connectivity index (χ3v) is 6.14. The van der Waals surface area contributed by atoms with Gasteiger partial charge in [0, 0.05) is 27.2 Å². The zero-order chi connectivity index (χ0) is 19.8. The highest BCUT2D eigenvalue weighted by atomic mass is 79.9. The molecule has 0 spiro atoms. The lowest BCUT2D eigenvalue weighted by Gasteiger charge is -2.18. The third kappa shape index (κ3) is 5.76. The van der Waals surface area contributed by atoms with Crippen LogP contribution in [0.25, 0.3) is 0 Å². The molecular formula is C23H27BrClNO2. The van der Waals surface area contributed by atoms with E-state index in [4.69, 9.17) is 21.1 Å². The van der Waals surface area contributed by atoms with Crippen LogP contribution in [-0.2, 0) is 13.2 Å². The summed E-state index contributed by atoms with van der Waals surface area (Å²) >= 11 is 9.94. The summed E-state index contributed by atoms with van der Waals surface area (Å²) < 4.78 is 12.7. The highest BCUT2D eigenvalue weighted by molar-refractivity contribution is 9.10. The number of hydrogen-bond acceptors (Lipinski definition) is 3. The predicted octanol–water partition coefficient (Wildman–Crippen LogP) is 6.67. The molecule has 1 aliphatic carbocycles. The van der Waals surface area contributed by atoms with Gasteiger partial charge < -0.3 is 14.8 Å². The Morgan fingerprint density at radius 3 is 2.75 bits per heavy atom. The first-order valence-corrected chi connectivity index (χ1v) is 11.0. The van der Waals surface area contributed by atoms with Crippen LogP contribution in [0.2, 0.25) is 5.02 Å². The standard InChI is InChI=1S/C23H27BrClNO2/c1-27-22-12-11-20(24)19(15-26-14-13-17-7-3-2-4-8-17)23(22)28-16-18-9-5-6-10-21(18)25/h5-7,9-12,26H,2-4,8,13-16H2,1H3. The van der Waals surface area contributed by atoms with Crippen molar-refractivity contribution in [2.75, 3.05) is 13.7 Å². The van der Waals surface area contributed by atoms with Gasteiger partial charge >= 0.3 is 0 Å². The van der Waals surface area contributed by atoms with E-state index in [2.05, 4.69) is 27.3 Å². The zero-order valence-electron chi connectivity index (χ0n) is 16.3. The second kappa shape index (κ2) is 10.9. The lowest BCUT2D eigenvalue weighted by molar-refractivity contribution is 0.280. The van der Waals surface area contributed by atoms with Gasteiger partial charge in [0.1, 0.15) is 6.61 Å². The van der Waals surface area contributed by atoms with Crippen molar-refractivity contribution in [1.29, 1.82) is 0 Å². The van der Waals surface area contributed by atoms with E-state index >= 15 is 0 Å². The monoisotopic (exact) mass is 463 g/mol. The van der Waals surface area contributed by atoms with Crippen molar-refractivity contribution < 1.29 is 9.47 Å². The summed E-state index contributed by atoms with van der Waals surface area (Å²) in [6.07, 6.45) is 8.66. The summed E-state index contributed by atoms with van der Waals surface area (Å²) in [5.74, 6) is 1.48. The highest BCUT2D eigenvalue weighted by Crippen LogP contribution is 2.37. The summed E-state index contributed by atoms with van der Waals surface area (Å²) in [5.41, 5.74) is 3.59. The van der Waals surface area contributed by atoms with Gasteiger partial charge in [-0.3, -0.25) is 0 Å². The minimum absolute atomic E-state index is 0.395. The molecule has 0 radical (unpaired) electrons. The summed E-state index contributed by atoms with van der Waals surface area (Å²) in [4.78, 5) is 0.